The quantitative estimate of drug-likeness (QED) is 0.396. The van der Waals surface area contributed by atoms with Crippen molar-refractivity contribution in [3.05, 3.63) is 23.8 Å². The number of benzene rings is 1. The summed E-state index contributed by atoms with van der Waals surface area (Å²) in [5.74, 6) is 1.14. The van der Waals surface area contributed by atoms with Gasteiger partial charge in [0.05, 0.1) is 10.5 Å². The Labute approximate surface area is 118 Å². The first-order valence-corrected chi connectivity index (χ1v) is 7.42. The number of hydrogen-bond acceptors (Lipinski definition) is 4. The van der Waals surface area contributed by atoms with Crippen LogP contribution in [0.25, 0.3) is 0 Å². The van der Waals surface area contributed by atoms with Gasteiger partial charge in [-0.2, -0.15) is 0 Å². The van der Waals surface area contributed by atoms with Crippen LogP contribution in [-0.4, -0.2) is 26.0 Å². The van der Waals surface area contributed by atoms with Crippen molar-refractivity contribution >= 4 is 21.7 Å². The molecule has 6 nitrogen and oxygen atoms in total. The molecule has 4 N–H and O–H groups in total. The van der Waals surface area contributed by atoms with E-state index in [0.717, 1.165) is 6.07 Å². The number of carboxylic acids is 1. The number of carbonyl (C=O) groups is 1. The second kappa shape index (κ2) is 6.93. The Kier molecular flexibility index (Phi) is 5.55. The summed E-state index contributed by atoms with van der Waals surface area (Å²) in [7, 11) is -3.91. The molecular formula is C13H16N2O4S. The molecule has 0 radical (unpaired) electrons. The Morgan fingerprint density at radius 3 is 2.70 bits per heavy atom. The molecule has 0 aliphatic carbocycles. The van der Waals surface area contributed by atoms with Gasteiger partial charge in [-0.3, -0.25) is 0 Å². The van der Waals surface area contributed by atoms with Crippen LogP contribution < -0.4 is 10.5 Å². The standard InChI is InChI=1S/C13H16N2O4S/c1-2-3-4-5-8-15-20(18,19)12-9-10(14)6-7-11(12)13(16)17/h1,6-7,9,15H,3-5,8,14H2,(H,16,17). The van der Waals surface area contributed by atoms with Gasteiger partial charge in [0.1, 0.15) is 0 Å². The molecule has 0 bridgehead atoms. The predicted octanol–water partition coefficient (Wildman–Crippen LogP) is 1.05. The molecule has 0 unspecified atom stereocenters. The number of terminal acetylenes is 1. The zero-order valence-corrected chi connectivity index (χ0v) is 11.6. The Hall–Kier alpha value is -2.04. The maximum Gasteiger partial charge on any atom is 0.337 e. The minimum Gasteiger partial charge on any atom is -0.478 e. The number of unbranched alkanes of at least 4 members (excludes halogenated alkanes) is 2. The van der Waals surface area contributed by atoms with E-state index < -0.39 is 16.0 Å². The summed E-state index contributed by atoms with van der Waals surface area (Å²) >= 11 is 0. The fourth-order valence-electron chi connectivity index (χ4n) is 1.57. The highest BCUT2D eigenvalue weighted by atomic mass is 32.2. The number of nitrogens with two attached hydrogens (primary N) is 1. The van der Waals surface area contributed by atoms with Crippen molar-refractivity contribution in [2.45, 2.75) is 24.2 Å². The minimum atomic E-state index is -3.91. The topological polar surface area (TPSA) is 109 Å². The summed E-state index contributed by atoms with van der Waals surface area (Å²) in [5, 5.41) is 9.01. The lowest BCUT2D eigenvalue weighted by Gasteiger charge is -2.09. The van der Waals surface area contributed by atoms with Crippen LogP contribution in [0.3, 0.4) is 0 Å². The van der Waals surface area contributed by atoms with E-state index in [1.807, 2.05) is 0 Å². The molecule has 1 aromatic carbocycles. The number of carboxylic acid groups (broad SMARTS) is 1. The number of sulfonamides is 1. The van der Waals surface area contributed by atoms with Crippen molar-refractivity contribution in [1.82, 2.24) is 4.72 Å². The third kappa shape index (κ3) is 4.26. The molecule has 1 rings (SSSR count). The van der Waals surface area contributed by atoms with Crippen molar-refractivity contribution in [3.63, 3.8) is 0 Å². The molecule has 0 aromatic heterocycles. The molecule has 0 fully saturated rings. The molecular weight excluding hydrogens is 280 g/mol. The highest BCUT2D eigenvalue weighted by Gasteiger charge is 2.22. The number of nitrogen functional groups attached to an aromatic ring is 1. The van der Waals surface area contributed by atoms with Gasteiger partial charge >= 0.3 is 5.97 Å². The highest BCUT2D eigenvalue weighted by molar-refractivity contribution is 7.89. The molecule has 0 spiro atoms. The Morgan fingerprint density at radius 2 is 2.10 bits per heavy atom. The maximum absolute atomic E-state index is 12.1. The van der Waals surface area contributed by atoms with Gasteiger partial charge in [-0.05, 0) is 31.0 Å². The van der Waals surface area contributed by atoms with Crippen LogP contribution in [0.5, 0.6) is 0 Å². The van der Waals surface area contributed by atoms with E-state index in [0.29, 0.717) is 19.3 Å². The number of hydrogen-bond donors (Lipinski definition) is 3. The van der Waals surface area contributed by atoms with Gasteiger partial charge in [0.15, 0.2) is 0 Å². The summed E-state index contributed by atoms with van der Waals surface area (Å²) in [6, 6.07) is 3.65. The van der Waals surface area contributed by atoms with Crippen LogP contribution in [0.2, 0.25) is 0 Å². The minimum absolute atomic E-state index is 0.183. The van der Waals surface area contributed by atoms with Gasteiger partial charge in [0.2, 0.25) is 10.0 Å². The Balaban J connectivity index is 2.89. The van der Waals surface area contributed by atoms with Gasteiger partial charge in [-0.15, -0.1) is 12.3 Å². The second-order valence-corrected chi connectivity index (χ2v) is 5.86. The molecule has 108 valence electrons. The fourth-order valence-corrected chi connectivity index (χ4v) is 2.88. The van der Waals surface area contributed by atoms with E-state index in [1.165, 1.54) is 12.1 Å². The predicted molar refractivity (Wildman–Crippen MR) is 75.7 cm³/mol. The highest BCUT2D eigenvalue weighted by Crippen LogP contribution is 2.19. The zero-order valence-electron chi connectivity index (χ0n) is 10.8. The van der Waals surface area contributed by atoms with E-state index >= 15 is 0 Å². The number of rotatable bonds is 7. The average Bonchev–Trinajstić information content (AvgIpc) is 2.38. The lowest BCUT2D eigenvalue weighted by Crippen LogP contribution is -2.26. The van der Waals surface area contributed by atoms with Gasteiger partial charge in [0, 0.05) is 18.7 Å². The SMILES string of the molecule is C#CCCCCNS(=O)(=O)c1cc(N)ccc1C(=O)O. The normalized spacial score (nSPS) is 10.9. The largest absolute Gasteiger partial charge is 0.478 e. The summed E-state index contributed by atoms with van der Waals surface area (Å²) in [6.07, 6.45) is 6.93. The average molecular weight is 296 g/mol. The first-order valence-electron chi connectivity index (χ1n) is 5.94. The van der Waals surface area contributed by atoms with Crippen LogP contribution in [0.4, 0.5) is 5.69 Å². The summed E-state index contributed by atoms with van der Waals surface area (Å²) in [5.41, 5.74) is 5.38. The molecule has 0 amide bonds. The van der Waals surface area contributed by atoms with Gasteiger partial charge in [0.25, 0.3) is 0 Å². The van der Waals surface area contributed by atoms with Gasteiger partial charge < -0.3 is 10.8 Å². The number of nitrogens with one attached hydrogen (secondary N) is 1. The smallest absolute Gasteiger partial charge is 0.337 e. The molecule has 0 aliphatic heterocycles. The van der Waals surface area contributed by atoms with E-state index in [1.54, 1.807) is 0 Å². The van der Waals surface area contributed by atoms with Crippen LogP contribution in [0.1, 0.15) is 29.6 Å². The Bertz CT molecular complexity index is 632. The van der Waals surface area contributed by atoms with Crippen molar-refractivity contribution in [3.8, 4) is 12.3 Å². The van der Waals surface area contributed by atoms with Crippen molar-refractivity contribution in [2.24, 2.45) is 0 Å². The second-order valence-electron chi connectivity index (χ2n) is 4.12. The molecule has 0 aliphatic rings. The first kappa shape index (κ1) is 16.0. The Morgan fingerprint density at radius 1 is 1.40 bits per heavy atom. The maximum atomic E-state index is 12.1. The molecule has 0 saturated heterocycles. The molecule has 20 heavy (non-hydrogen) atoms. The molecule has 0 heterocycles. The third-order valence-electron chi connectivity index (χ3n) is 2.57. The van der Waals surface area contributed by atoms with Crippen molar-refractivity contribution in [2.75, 3.05) is 12.3 Å². The lowest BCUT2D eigenvalue weighted by atomic mass is 10.2. The van der Waals surface area contributed by atoms with Gasteiger partial charge in [-0.25, -0.2) is 17.9 Å². The van der Waals surface area contributed by atoms with E-state index in [2.05, 4.69) is 10.6 Å². The first-order chi connectivity index (χ1) is 9.38. The number of anilines is 1. The molecule has 7 heteroatoms. The lowest BCUT2D eigenvalue weighted by molar-refractivity contribution is 0.0692. The van der Waals surface area contributed by atoms with E-state index in [9.17, 15) is 13.2 Å². The fraction of sp³-hybridized carbons (Fsp3) is 0.308. The molecule has 0 atom stereocenters. The van der Waals surface area contributed by atoms with Crippen LogP contribution in [0.15, 0.2) is 23.1 Å². The third-order valence-corrected chi connectivity index (χ3v) is 4.07. The van der Waals surface area contributed by atoms with Crippen LogP contribution >= 0.6 is 0 Å². The zero-order chi connectivity index (χ0) is 15.2. The molecule has 1 aromatic rings. The summed E-state index contributed by atoms with van der Waals surface area (Å²) < 4.78 is 26.5. The monoisotopic (exact) mass is 296 g/mol. The van der Waals surface area contributed by atoms with Crippen molar-refractivity contribution in [1.29, 1.82) is 0 Å². The van der Waals surface area contributed by atoms with E-state index in [-0.39, 0.29) is 22.7 Å². The van der Waals surface area contributed by atoms with Crippen LogP contribution in [0, 0.1) is 12.3 Å². The van der Waals surface area contributed by atoms with E-state index in [4.69, 9.17) is 17.3 Å². The number of aromatic carboxylic acids is 1. The molecule has 0 saturated carbocycles. The van der Waals surface area contributed by atoms with Crippen molar-refractivity contribution < 1.29 is 18.3 Å². The summed E-state index contributed by atoms with van der Waals surface area (Å²) in [6.45, 7) is 0.192. The van der Waals surface area contributed by atoms with Gasteiger partial charge in [-0.1, -0.05) is 0 Å². The summed E-state index contributed by atoms with van der Waals surface area (Å²) in [4.78, 5) is 10.7. The van der Waals surface area contributed by atoms with Crippen LogP contribution in [-0.2, 0) is 10.0 Å².